The molecule has 0 spiro atoms. The summed E-state index contributed by atoms with van der Waals surface area (Å²) >= 11 is 0. The van der Waals surface area contributed by atoms with Crippen LogP contribution in [0.4, 0.5) is 0 Å². The molecule has 3 N–H and O–H groups in total. The summed E-state index contributed by atoms with van der Waals surface area (Å²) in [7, 11) is 3.95. The number of nitrogens with zero attached hydrogens (tertiary/aromatic N) is 2. The molecular formula is C12H26N4O. The lowest BCUT2D eigenvalue weighted by Crippen LogP contribution is -2.62. The van der Waals surface area contributed by atoms with Crippen LogP contribution < -0.4 is 11.1 Å². The van der Waals surface area contributed by atoms with E-state index >= 15 is 0 Å². The maximum atomic E-state index is 11.5. The molecule has 0 radical (unpaired) electrons. The number of hydrogen-bond acceptors (Lipinski definition) is 4. The van der Waals surface area contributed by atoms with Gasteiger partial charge in [0.1, 0.15) is 5.54 Å². The van der Waals surface area contributed by atoms with Crippen LogP contribution in [0.25, 0.3) is 0 Å². The van der Waals surface area contributed by atoms with E-state index in [2.05, 4.69) is 29.1 Å². The molecule has 0 aromatic carbocycles. The zero-order chi connectivity index (χ0) is 13.1. The van der Waals surface area contributed by atoms with E-state index in [1.165, 1.54) is 0 Å². The zero-order valence-corrected chi connectivity index (χ0v) is 11.5. The molecule has 0 aromatic heterocycles. The molecular weight excluding hydrogens is 216 g/mol. The fourth-order valence-electron chi connectivity index (χ4n) is 2.32. The number of nitrogens with one attached hydrogen (secondary N) is 1. The zero-order valence-electron chi connectivity index (χ0n) is 11.5. The van der Waals surface area contributed by atoms with E-state index in [4.69, 9.17) is 5.73 Å². The summed E-state index contributed by atoms with van der Waals surface area (Å²) in [4.78, 5) is 16.2. The van der Waals surface area contributed by atoms with Gasteiger partial charge in [0.05, 0.1) is 0 Å². The minimum atomic E-state index is -0.631. The van der Waals surface area contributed by atoms with Crippen LogP contribution in [0.3, 0.4) is 0 Å². The van der Waals surface area contributed by atoms with Crippen molar-refractivity contribution in [2.45, 2.75) is 31.8 Å². The summed E-state index contributed by atoms with van der Waals surface area (Å²) in [6.07, 6.45) is 1.14. The minimum absolute atomic E-state index is 0.285. The number of carbonyl (C=O) groups is 1. The Morgan fingerprint density at radius 2 is 2.18 bits per heavy atom. The second-order valence-corrected chi connectivity index (χ2v) is 5.22. The maximum Gasteiger partial charge on any atom is 0.238 e. The van der Waals surface area contributed by atoms with Gasteiger partial charge in [-0.05, 0) is 27.4 Å². The van der Waals surface area contributed by atoms with Crippen molar-refractivity contribution >= 4 is 5.91 Å². The van der Waals surface area contributed by atoms with Crippen molar-refractivity contribution in [2.24, 2.45) is 5.73 Å². The largest absolute Gasteiger partial charge is 0.368 e. The number of rotatable bonds is 5. The van der Waals surface area contributed by atoms with Gasteiger partial charge in [-0.25, -0.2) is 0 Å². The normalized spacial score (nSPS) is 26.7. The predicted molar refractivity (Wildman–Crippen MR) is 69.8 cm³/mol. The van der Waals surface area contributed by atoms with E-state index in [-0.39, 0.29) is 5.91 Å². The van der Waals surface area contributed by atoms with Gasteiger partial charge in [0.25, 0.3) is 0 Å². The summed E-state index contributed by atoms with van der Waals surface area (Å²) in [5.41, 5.74) is 4.82. The molecule has 0 bridgehead atoms. The first kappa shape index (κ1) is 14.4. The Bertz CT molecular complexity index is 271. The van der Waals surface area contributed by atoms with Crippen LogP contribution >= 0.6 is 0 Å². The van der Waals surface area contributed by atoms with Crippen molar-refractivity contribution in [3.8, 4) is 0 Å². The molecule has 2 unspecified atom stereocenters. The third-order valence-corrected chi connectivity index (χ3v) is 3.97. The SMILES string of the molecule is CCC1CN(CC(C)(NC)C(N)=O)CCN1C. The Labute approximate surface area is 104 Å². The quantitative estimate of drug-likeness (QED) is 0.681. The van der Waals surface area contributed by atoms with E-state index in [1.807, 2.05) is 6.92 Å². The van der Waals surface area contributed by atoms with Gasteiger partial charge in [-0.1, -0.05) is 6.92 Å². The fourth-order valence-corrected chi connectivity index (χ4v) is 2.32. The third-order valence-electron chi connectivity index (χ3n) is 3.97. The van der Waals surface area contributed by atoms with Crippen LogP contribution in [0.1, 0.15) is 20.3 Å². The number of piperazine rings is 1. The van der Waals surface area contributed by atoms with E-state index < -0.39 is 5.54 Å². The molecule has 0 aliphatic carbocycles. The van der Waals surface area contributed by atoms with E-state index in [0.29, 0.717) is 12.6 Å². The number of amides is 1. The van der Waals surface area contributed by atoms with Crippen LogP contribution in [0.5, 0.6) is 0 Å². The highest BCUT2D eigenvalue weighted by atomic mass is 16.1. The van der Waals surface area contributed by atoms with Gasteiger partial charge >= 0.3 is 0 Å². The molecule has 1 saturated heterocycles. The van der Waals surface area contributed by atoms with Crippen molar-refractivity contribution in [3.63, 3.8) is 0 Å². The molecule has 1 amide bonds. The van der Waals surface area contributed by atoms with E-state index in [1.54, 1.807) is 7.05 Å². The molecule has 1 aliphatic heterocycles. The Hall–Kier alpha value is -0.650. The van der Waals surface area contributed by atoms with Gasteiger partial charge < -0.3 is 16.0 Å². The van der Waals surface area contributed by atoms with Gasteiger partial charge in [-0.2, -0.15) is 0 Å². The molecule has 1 aliphatic rings. The molecule has 0 aromatic rings. The Morgan fingerprint density at radius 3 is 2.65 bits per heavy atom. The second-order valence-electron chi connectivity index (χ2n) is 5.22. The number of primary amides is 1. The molecule has 100 valence electrons. The molecule has 1 heterocycles. The lowest BCUT2D eigenvalue weighted by Gasteiger charge is -2.42. The monoisotopic (exact) mass is 242 g/mol. The van der Waals surface area contributed by atoms with Gasteiger partial charge in [-0.3, -0.25) is 9.69 Å². The highest BCUT2D eigenvalue weighted by molar-refractivity contribution is 5.84. The summed E-state index contributed by atoms with van der Waals surface area (Å²) < 4.78 is 0. The van der Waals surface area contributed by atoms with Gasteiger partial charge in [0, 0.05) is 32.2 Å². The number of hydrogen-bond donors (Lipinski definition) is 2. The van der Waals surface area contributed by atoms with Gasteiger partial charge in [0.15, 0.2) is 0 Å². The van der Waals surface area contributed by atoms with E-state index in [9.17, 15) is 4.79 Å². The second kappa shape index (κ2) is 5.80. The number of likely N-dealkylation sites (N-methyl/N-ethyl adjacent to an activating group) is 2. The van der Waals surface area contributed by atoms with Crippen molar-refractivity contribution < 1.29 is 4.79 Å². The standard InChI is InChI=1S/C12H26N4O/c1-5-10-8-16(7-6-15(10)4)9-12(2,14-3)11(13)17/h10,14H,5-9H2,1-4H3,(H2,13,17). The molecule has 2 atom stereocenters. The maximum absolute atomic E-state index is 11.5. The molecule has 5 heteroatoms. The average molecular weight is 242 g/mol. The number of nitrogens with two attached hydrogens (primary N) is 1. The summed E-state index contributed by atoms with van der Waals surface area (Å²) in [6.45, 7) is 7.82. The highest BCUT2D eigenvalue weighted by Crippen LogP contribution is 2.14. The molecule has 5 nitrogen and oxygen atoms in total. The molecule has 17 heavy (non-hydrogen) atoms. The lowest BCUT2D eigenvalue weighted by atomic mass is 9.99. The van der Waals surface area contributed by atoms with Crippen molar-refractivity contribution in [3.05, 3.63) is 0 Å². The minimum Gasteiger partial charge on any atom is -0.368 e. The Morgan fingerprint density at radius 1 is 1.53 bits per heavy atom. The summed E-state index contributed by atoms with van der Waals surface area (Å²) in [6, 6.07) is 0.581. The molecule has 0 saturated carbocycles. The molecule has 1 rings (SSSR count). The van der Waals surface area contributed by atoms with Crippen LogP contribution in [0, 0.1) is 0 Å². The van der Waals surface area contributed by atoms with Crippen LogP contribution in [0.15, 0.2) is 0 Å². The van der Waals surface area contributed by atoms with Crippen molar-refractivity contribution in [1.82, 2.24) is 15.1 Å². The van der Waals surface area contributed by atoms with Gasteiger partial charge in [0.2, 0.25) is 5.91 Å². The van der Waals surface area contributed by atoms with Crippen molar-refractivity contribution in [2.75, 3.05) is 40.3 Å². The topological polar surface area (TPSA) is 61.6 Å². The first-order valence-electron chi connectivity index (χ1n) is 6.34. The lowest BCUT2D eigenvalue weighted by molar-refractivity contribution is -0.124. The molecule has 1 fully saturated rings. The summed E-state index contributed by atoms with van der Waals surface area (Å²) in [5, 5.41) is 3.04. The van der Waals surface area contributed by atoms with E-state index in [0.717, 1.165) is 26.1 Å². The van der Waals surface area contributed by atoms with Crippen LogP contribution in [-0.4, -0.2) is 67.6 Å². The van der Waals surface area contributed by atoms with Crippen LogP contribution in [-0.2, 0) is 4.79 Å². The Kier molecular flexibility index (Phi) is 4.91. The average Bonchev–Trinajstić information content (AvgIpc) is 2.31. The number of carbonyl (C=O) groups excluding carboxylic acids is 1. The highest BCUT2D eigenvalue weighted by Gasteiger charge is 2.33. The fraction of sp³-hybridized carbons (Fsp3) is 0.917. The predicted octanol–water partition coefficient (Wildman–Crippen LogP) is -0.524. The first-order valence-corrected chi connectivity index (χ1v) is 6.34. The van der Waals surface area contributed by atoms with Gasteiger partial charge in [-0.15, -0.1) is 0 Å². The third kappa shape index (κ3) is 3.40. The van der Waals surface area contributed by atoms with Crippen molar-refractivity contribution in [1.29, 1.82) is 0 Å². The summed E-state index contributed by atoms with van der Waals surface area (Å²) in [5.74, 6) is -0.285. The smallest absolute Gasteiger partial charge is 0.238 e. The van der Waals surface area contributed by atoms with Crippen LogP contribution in [0.2, 0.25) is 0 Å². The Balaban J connectivity index is 2.60. The first-order chi connectivity index (χ1) is 7.92.